The topological polar surface area (TPSA) is 53.1 Å². The van der Waals surface area contributed by atoms with E-state index in [1.165, 1.54) is 7.11 Å². The van der Waals surface area contributed by atoms with Crippen molar-refractivity contribution in [3.8, 4) is 5.75 Å². The first-order valence-corrected chi connectivity index (χ1v) is 9.56. The molecule has 0 unspecified atom stereocenters. The van der Waals surface area contributed by atoms with E-state index in [4.69, 9.17) is 4.74 Å². The summed E-state index contributed by atoms with van der Waals surface area (Å²) in [6.45, 7) is 2.53. The third kappa shape index (κ3) is 3.43. The number of likely N-dealkylation sites (N-methyl/N-ethyl adjacent to an activating group) is 1. The molecule has 0 radical (unpaired) electrons. The predicted octanol–water partition coefficient (Wildman–Crippen LogP) is 2.51. The molecule has 2 aromatic carbocycles. The molecule has 0 saturated carbocycles. The van der Waals surface area contributed by atoms with E-state index in [0.29, 0.717) is 24.4 Å². The number of halogens is 2. The fourth-order valence-electron chi connectivity index (χ4n) is 3.74. The second kappa shape index (κ2) is 7.87. The number of amides is 2. The monoisotopic (exact) mass is 413 g/mol. The maximum atomic E-state index is 14.4. The minimum absolute atomic E-state index is 0.177. The molecule has 8 heteroatoms. The molecule has 156 valence electrons. The minimum Gasteiger partial charge on any atom is -0.497 e. The molecule has 0 aromatic heterocycles. The molecule has 30 heavy (non-hydrogen) atoms. The van der Waals surface area contributed by atoms with E-state index in [2.05, 4.69) is 4.90 Å². The van der Waals surface area contributed by atoms with Crippen LogP contribution in [0.3, 0.4) is 0 Å². The fourth-order valence-corrected chi connectivity index (χ4v) is 3.74. The molecule has 2 heterocycles. The zero-order valence-corrected chi connectivity index (χ0v) is 16.7. The Morgan fingerprint density at radius 3 is 2.20 bits per heavy atom. The highest BCUT2D eigenvalue weighted by molar-refractivity contribution is 6.45. The molecular weight excluding hydrogens is 392 g/mol. The lowest BCUT2D eigenvalue weighted by atomic mass is 10.0. The van der Waals surface area contributed by atoms with Crippen LogP contribution >= 0.6 is 0 Å². The summed E-state index contributed by atoms with van der Waals surface area (Å²) in [5.41, 5.74) is 0.514. The number of carbonyl (C=O) groups excluding carboxylic acids is 2. The molecule has 1 saturated heterocycles. The quantitative estimate of drug-likeness (QED) is 0.721. The molecule has 0 aliphatic carbocycles. The molecule has 0 spiro atoms. The van der Waals surface area contributed by atoms with Crippen LogP contribution in [0.1, 0.15) is 5.56 Å². The van der Waals surface area contributed by atoms with Crippen molar-refractivity contribution >= 4 is 23.1 Å². The van der Waals surface area contributed by atoms with Gasteiger partial charge in [0.15, 0.2) is 0 Å². The van der Waals surface area contributed by atoms with E-state index >= 15 is 0 Å². The average molecular weight is 413 g/mol. The number of ether oxygens (including phenoxy) is 1. The highest BCUT2D eigenvalue weighted by Crippen LogP contribution is 2.36. The van der Waals surface area contributed by atoms with Crippen LogP contribution in [-0.4, -0.2) is 62.0 Å². The predicted molar refractivity (Wildman–Crippen MR) is 108 cm³/mol. The fraction of sp³-hybridized carbons (Fsp3) is 0.273. The Bertz CT molecular complexity index is 1030. The Hall–Kier alpha value is -3.26. The van der Waals surface area contributed by atoms with E-state index in [-0.39, 0.29) is 17.0 Å². The molecule has 2 amide bonds. The van der Waals surface area contributed by atoms with Crippen molar-refractivity contribution in [2.75, 3.05) is 45.2 Å². The van der Waals surface area contributed by atoms with Gasteiger partial charge in [0.25, 0.3) is 11.8 Å². The summed E-state index contributed by atoms with van der Waals surface area (Å²) < 4.78 is 33.4. The summed E-state index contributed by atoms with van der Waals surface area (Å²) in [6, 6.07) is 9.46. The van der Waals surface area contributed by atoms with Gasteiger partial charge in [0.2, 0.25) is 0 Å². The van der Waals surface area contributed by atoms with Crippen LogP contribution in [0.2, 0.25) is 0 Å². The van der Waals surface area contributed by atoms with E-state index in [0.717, 1.165) is 36.2 Å². The highest BCUT2D eigenvalue weighted by atomic mass is 19.1. The van der Waals surface area contributed by atoms with Crippen LogP contribution in [0.15, 0.2) is 48.2 Å². The Balaban J connectivity index is 1.82. The third-order valence-electron chi connectivity index (χ3n) is 5.41. The lowest BCUT2D eigenvalue weighted by Gasteiger charge is -2.34. The van der Waals surface area contributed by atoms with Crippen molar-refractivity contribution in [3.63, 3.8) is 0 Å². The number of anilines is 1. The maximum Gasteiger partial charge on any atom is 0.282 e. The van der Waals surface area contributed by atoms with Crippen LogP contribution in [0.5, 0.6) is 5.75 Å². The first kappa shape index (κ1) is 20.0. The van der Waals surface area contributed by atoms with Crippen molar-refractivity contribution in [1.82, 2.24) is 9.80 Å². The van der Waals surface area contributed by atoms with E-state index in [9.17, 15) is 18.4 Å². The summed E-state index contributed by atoms with van der Waals surface area (Å²) in [4.78, 5) is 31.4. The van der Waals surface area contributed by atoms with Gasteiger partial charge in [-0.2, -0.15) is 0 Å². The number of hydrogen-bond donors (Lipinski definition) is 0. The zero-order chi connectivity index (χ0) is 21.4. The zero-order valence-electron chi connectivity index (χ0n) is 16.7. The number of piperazine rings is 1. The van der Waals surface area contributed by atoms with Gasteiger partial charge >= 0.3 is 0 Å². The average Bonchev–Trinajstić information content (AvgIpc) is 3.00. The number of rotatable bonds is 4. The van der Waals surface area contributed by atoms with Gasteiger partial charge in [0.05, 0.1) is 18.4 Å². The second-order valence-corrected chi connectivity index (χ2v) is 7.28. The van der Waals surface area contributed by atoms with Gasteiger partial charge in [-0.05, 0) is 36.9 Å². The van der Waals surface area contributed by atoms with Gasteiger partial charge in [-0.3, -0.25) is 9.59 Å². The van der Waals surface area contributed by atoms with Gasteiger partial charge in [0, 0.05) is 32.2 Å². The molecule has 0 bridgehead atoms. The van der Waals surface area contributed by atoms with Crippen molar-refractivity contribution in [2.24, 2.45) is 0 Å². The first-order valence-electron chi connectivity index (χ1n) is 9.56. The van der Waals surface area contributed by atoms with E-state index in [1.54, 1.807) is 24.3 Å². The van der Waals surface area contributed by atoms with Crippen LogP contribution in [-0.2, 0) is 9.59 Å². The molecule has 2 aliphatic rings. The van der Waals surface area contributed by atoms with Crippen molar-refractivity contribution in [3.05, 3.63) is 65.4 Å². The Kier molecular flexibility index (Phi) is 5.26. The maximum absolute atomic E-state index is 14.4. The lowest BCUT2D eigenvalue weighted by molar-refractivity contribution is -0.120. The van der Waals surface area contributed by atoms with Gasteiger partial charge in [-0.1, -0.05) is 12.1 Å². The summed E-state index contributed by atoms with van der Waals surface area (Å²) in [6.07, 6.45) is 0. The number of hydrogen-bond acceptors (Lipinski definition) is 5. The van der Waals surface area contributed by atoms with Crippen LogP contribution in [0, 0.1) is 11.6 Å². The summed E-state index contributed by atoms with van der Waals surface area (Å²) in [5, 5.41) is 0. The number of nitrogens with zero attached hydrogens (tertiary/aromatic N) is 3. The molecule has 0 N–H and O–H groups in total. The summed E-state index contributed by atoms with van der Waals surface area (Å²) in [5.74, 6) is -2.30. The van der Waals surface area contributed by atoms with Gasteiger partial charge < -0.3 is 14.5 Å². The standard InChI is InChI=1S/C22H21F2N3O3/c1-25-9-11-26(12-10-25)20-19(14-3-6-16(30-2)7-4-14)21(28)27(22(20)29)18-13-15(23)5-8-17(18)24/h3-8,13H,9-12H2,1-2H3. The number of carbonyl (C=O) groups is 2. The number of imide groups is 1. The smallest absolute Gasteiger partial charge is 0.282 e. The molecule has 2 aliphatic heterocycles. The Morgan fingerprint density at radius 1 is 0.900 bits per heavy atom. The molecular formula is C22H21F2N3O3. The van der Waals surface area contributed by atoms with Crippen molar-refractivity contribution in [2.45, 2.75) is 0 Å². The van der Waals surface area contributed by atoms with Crippen molar-refractivity contribution < 1.29 is 23.1 Å². The normalized spacial score (nSPS) is 17.9. The van der Waals surface area contributed by atoms with Gasteiger partial charge in [0.1, 0.15) is 23.1 Å². The molecule has 6 nitrogen and oxygen atoms in total. The van der Waals surface area contributed by atoms with Gasteiger partial charge in [-0.15, -0.1) is 0 Å². The van der Waals surface area contributed by atoms with Crippen molar-refractivity contribution in [1.29, 1.82) is 0 Å². The number of methoxy groups -OCH3 is 1. The Labute approximate surface area is 172 Å². The van der Waals surface area contributed by atoms with Gasteiger partial charge in [-0.25, -0.2) is 13.7 Å². The largest absolute Gasteiger partial charge is 0.497 e. The minimum atomic E-state index is -0.841. The van der Waals surface area contributed by atoms with E-state index in [1.807, 2.05) is 11.9 Å². The first-order chi connectivity index (χ1) is 14.4. The highest BCUT2D eigenvalue weighted by Gasteiger charge is 2.43. The lowest BCUT2D eigenvalue weighted by Crippen LogP contribution is -2.46. The summed E-state index contributed by atoms with van der Waals surface area (Å²) >= 11 is 0. The molecule has 4 rings (SSSR count). The second-order valence-electron chi connectivity index (χ2n) is 7.28. The Morgan fingerprint density at radius 2 is 1.57 bits per heavy atom. The molecule has 1 fully saturated rings. The molecule has 0 atom stereocenters. The van der Waals surface area contributed by atoms with Crippen LogP contribution in [0.25, 0.3) is 5.57 Å². The third-order valence-corrected chi connectivity index (χ3v) is 5.41. The van der Waals surface area contributed by atoms with E-state index < -0.39 is 23.4 Å². The molecule has 2 aromatic rings. The van der Waals surface area contributed by atoms with Crippen LogP contribution in [0.4, 0.5) is 14.5 Å². The SMILES string of the molecule is COc1ccc(C2=C(N3CCN(C)CC3)C(=O)N(c3cc(F)ccc3F)C2=O)cc1. The summed E-state index contributed by atoms with van der Waals surface area (Å²) in [7, 11) is 3.51. The van der Waals surface area contributed by atoms with Crippen LogP contribution < -0.4 is 9.64 Å². The number of benzene rings is 2.